The van der Waals surface area contributed by atoms with Crippen molar-refractivity contribution in [1.29, 1.82) is 0 Å². The summed E-state index contributed by atoms with van der Waals surface area (Å²) in [4.78, 5) is 36.8. The number of anilines is 1. The maximum absolute atomic E-state index is 12.3. The largest absolute Gasteiger partial charge is 0.462 e. The highest BCUT2D eigenvalue weighted by Crippen LogP contribution is 2.39. The number of nitrogens with one attached hydrogen (secondary N) is 1. The number of hydrogen-bond donors (Lipinski definition) is 2. The smallest absolute Gasteiger partial charge is 0.348 e. The van der Waals surface area contributed by atoms with Gasteiger partial charge < -0.3 is 15.2 Å². The number of carbonyl (C=O) groups excluding carboxylic acids is 2. The van der Waals surface area contributed by atoms with Crippen molar-refractivity contribution in [3.63, 3.8) is 0 Å². The molecule has 0 aromatic carbocycles. The summed E-state index contributed by atoms with van der Waals surface area (Å²) >= 11 is 2.26. The minimum absolute atomic E-state index is 0.153. The molecule has 0 bridgehead atoms. The van der Waals surface area contributed by atoms with Crippen molar-refractivity contribution in [3.05, 3.63) is 26.5 Å². The van der Waals surface area contributed by atoms with Crippen LogP contribution in [0.2, 0.25) is 0 Å². The number of rotatable bonds is 8. The van der Waals surface area contributed by atoms with E-state index in [2.05, 4.69) is 10.2 Å². The minimum Gasteiger partial charge on any atom is -0.462 e. The number of thiophene rings is 1. The van der Waals surface area contributed by atoms with Crippen LogP contribution in [0.25, 0.3) is 0 Å². The summed E-state index contributed by atoms with van der Waals surface area (Å²) in [6.45, 7) is 3.79. The van der Waals surface area contributed by atoms with Gasteiger partial charge >= 0.3 is 17.6 Å². The third kappa shape index (κ3) is 4.03. The summed E-state index contributed by atoms with van der Waals surface area (Å²) < 4.78 is 11.8. The van der Waals surface area contributed by atoms with Crippen LogP contribution in [0.15, 0.2) is 9.95 Å². The third-order valence-corrected chi connectivity index (χ3v) is 5.92. The fraction of sp³-hybridized carbons (Fsp3) is 0.500. The van der Waals surface area contributed by atoms with E-state index in [1.165, 1.54) is 11.8 Å². The van der Waals surface area contributed by atoms with Gasteiger partial charge in [-0.15, -0.1) is 16.4 Å². The lowest BCUT2D eigenvalue weighted by Crippen LogP contribution is -2.16. The van der Waals surface area contributed by atoms with Gasteiger partial charge in [0.15, 0.2) is 5.16 Å². The van der Waals surface area contributed by atoms with Crippen LogP contribution in [0.1, 0.15) is 58.3 Å². The molecule has 0 aliphatic heterocycles. The van der Waals surface area contributed by atoms with Gasteiger partial charge in [-0.2, -0.15) is 0 Å². The molecule has 146 valence electrons. The number of hydrogen-bond acceptors (Lipinski definition) is 9. The predicted octanol–water partition coefficient (Wildman–Crippen LogP) is 2.20. The number of H-pyrrole nitrogens is 1. The monoisotopic (exact) mass is 412 g/mol. The Morgan fingerprint density at radius 1 is 1.30 bits per heavy atom. The van der Waals surface area contributed by atoms with E-state index in [4.69, 9.17) is 15.2 Å². The number of esters is 2. The molecule has 3 rings (SSSR count). The average Bonchev–Trinajstić information content (AvgIpc) is 3.31. The second kappa shape index (κ2) is 8.17. The molecular formula is C16H20N4O5S2. The van der Waals surface area contributed by atoms with Crippen LogP contribution < -0.4 is 11.4 Å². The van der Waals surface area contributed by atoms with Crippen LogP contribution >= 0.6 is 23.1 Å². The highest BCUT2D eigenvalue weighted by molar-refractivity contribution is 7.98. The van der Waals surface area contributed by atoms with Gasteiger partial charge in [0.05, 0.1) is 18.8 Å². The summed E-state index contributed by atoms with van der Waals surface area (Å²) in [5.74, 6) is -0.895. The lowest BCUT2D eigenvalue weighted by Gasteiger charge is -2.08. The van der Waals surface area contributed by atoms with Gasteiger partial charge in [0.25, 0.3) is 0 Å². The van der Waals surface area contributed by atoms with Gasteiger partial charge in [-0.25, -0.2) is 19.5 Å². The number of carbonyl (C=O) groups is 2. The number of nitrogen functional groups attached to an aromatic ring is 1. The van der Waals surface area contributed by atoms with Crippen molar-refractivity contribution >= 4 is 40.0 Å². The quantitative estimate of drug-likeness (QED) is 0.499. The number of thioether (sulfide) groups is 1. The summed E-state index contributed by atoms with van der Waals surface area (Å²) in [6, 6.07) is 0.153. The summed E-state index contributed by atoms with van der Waals surface area (Å²) in [5, 5.41) is 7.21. The molecule has 2 heterocycles. The zero-order chi connectivity index (χ0) is 19.6. The Balaban J connectivity index is 1.93. The van der Waals surface area contributed by atoms with Crippen LogP contribution in [-0.2, 0) is 15.2 Å². The standard InChI is InChI=1S/C16H20N4O5S2/c1-3-24-13(21)10-9(11(27-12(10)17)14(22)25-4-2)7-26-16-19-18-15(23)20(16)8-5-6-8/h8H,3-7,17H2,1-2H3,(H,18,23). The Morgan fingerprint density at radius 3 is 2.59 bits per heavy atom. The lowest BCUT2D eigenvalue weighted by atomic mass is 10.1. The summed E-state index contributed by atoms with van der Waals surface area (Å²) in [5.41, 5.74) is 6.35. The molecule has 1 aliphatic carbocycles. The highest BCUT2D eigenvalue weighted by atomic mass is 32.2. The van der Waals surface area contributed by atoms with Gasteiger partial charge in [0, 0.05) is 17.4 Å². The van der Waals surface area contributed by atoms with E-state index in [1.807, 2.05) is 0 Å². The summed E-state index contributed by atoms with van der Waals surface area (Å²) in [7, 11) is 0. The Hall–Kier alpha value is -2.27. The molecule has 2 aromatic rings. The zero-order valence-corrected chi connectivity index (χ0v) is 16.6. The molecule has 2 aromatic heterocycles. The van der Waals surface area contributed by atoms with Crippen LogP contribution in [-0.4, -0.2) is 39.9 Å². The fourth-order valence-corrected chi connectivity index (χ4v) is 4.70. The normalized spacial score (nSPS) is 13.6. The van der Waals surface area contributed by atoms with Gasteiger partial charge in [-0.3, -0.25) is 4.57 Å². The molecular weight excluding hydrogens is 392 g/mol. The molecule has 0 amide bonds. The first-order chi connectivity index (χ1) is 13.0. The number of ether oxygens (including phenoxy) is 2. The Labute approximate surface area is 163 Å². The number of nitrogens with two attached hydrogens (primary N) is 1. The van der Waals surface area contributed by atoms with Gasteiger partial charge in [0.1, 0.15) is 9.88 Å². The van der Waals surface area contributed by atoms with Crippen LogP contribution in [0.4, 0.5) is 5.00 Å². The van der Waals surface area contributed by atoms with Crippen molar-refractivity contribution in [2.24, 2.45) is 0 Å². The molecule has 1 aliphatic rings. The third-order valence-electron chi connectivity index (χ3n) is 3.90. The molecule has 1 fully saturated rings. The molecule has 3 N–H and O–H groups in total. The lowest BCUT2D eigenvalue weighted by molar-refractivity contribution is 0.0527. The molecule has 9 nitrogen and oxygen atoms in total. The van der Waals surface area contributed by atoms with E-state index in [1.54, 1.807) is 18.4 Å². The maximum atomic E-state index is 12.3. The van der Waals surface area contributed by atoms with Crippen LogP contribution in [0, 0.1) is 0 Å². The second-order valence-electron chi connectivity index (χ2n) is 5.79. The van der Waals surface area contributed by atoms with Gasteiger partial charge in [-0.1, -0.05) is 11.8 Å². The Morgan fingerprint density at radius 2 is 1.96 bits per heavy atom. The topological polar surface area (TPSA) is 129 Å². The number of nitrogens with zero attached hydrogens (tertiary/aromatic N) is 2. The van der Waals surface area contributed by atoms with E-state index in [9.17, 15) is 14.4 Å². The molecule has 0 spiro atoms. The number of aromatic nitrogens is 3. The van der Waals surface area contributed by atoms with Crippen molar-refractivity contribution in [2.75, 3.05) is 18.9 Å². The Kier molecular flexibility index (Phi) is 5.90. The molecule has 0 unspecified atom stereocenters. The zero-order valence-electron chi connectivity index (χ0n) is 14.9. The molecule has 0 atom stereocenters. The number of aromatic amines is 1. The maximum Gasteiger partial charge on any atom is 0.348 e. The average molecular weight is 412 g/mol. The van der Waals surface area contributed by atoms with E-state index >= 15 is 0 Å². The van der Waals surface area contributed by atoms with E-state index in [0.29, 0.717) is 10.7 Å². The van der Waals surface area contributed by atoms with Crippen LogP contribution in [0.5, 0.6) is 0 Å². The first kappa shape index (κ1) is 19.5. The highest BCUT2D eigenvalue weighted by Gasteiger charge is 2.31. The van der Waals surface area contributed by atoms with Gasteiger partial charge in [-0.05, 0) is 26.7 Å². The predicted molar refractivity (Wildman–Crippen MR) is 101 cm³/mol. The second-order valence-corrected chi connectivity index (χ2v) is 7.79. The first-order valence-corrected chi connectivity index (χ1v) is 10.3. The molecule has 0 radical (unpaired) electrons. The minimum atomic E-state index is -0.584. The van der Waals surface area contributed by atoms with E-state index in [-0.39, 0.29) is 46.1 Å². The first-order valence-electron chi connectivity index (χ1n) is 8.52. The van der Waals surface area contributed by atoms with E-state index in [0.717, 1.165) is 24.2 Å². The van der Waals surface area contributed by atoms with Crippen molar-refractivity contribution < 1.29 is 19.1 Å². The molecule has 27 heavy (non-hydrogen) atoms. The Bertz CT molecular complexity index is 913. The van der Waals surface area contributed by atoms with Gasteiger partial charge in [0.2, 0.25) is 0 Å². The van der Waals surface area contributed by atoms with Crippen molar-refractivity contribution in [2.45, 2.75) is 43.6 Å². The fourth-order valence-electron chi connectivity index (χ4n) is 2.59. The van der Waals surface area contributed by atoms with Crippen LogP contribution in [0.3, 0.4) is 0 Å². The SMILES string of the molecule is CCOC(=O)c1sc(N)c(C(=O)OCC)c1CSc1n[nH]c(=O)n1C1CC1. The van der Waals surface area contributed by atoms with Crippen molar-refractivity contribution in [3.8, 4) is 0 Å². The van der Waals surface area contributed by atoms with E-state index < -0.39 is 11.9 Å². The molecule has 1 saturated carbocycles. The molecule has 11 heteroatoms. The van der Waals surface area contributed by atoms with Crippen molar-refractivity contribution in [1.82, 2.24) is 14.8 Å². The molecule has 0 saturated heterocycles. The summed E-state index contributed by atoms with van der Waals surface area (Å²) in [6.07, 6.45) is 1.86.